The van der Waals surface area contributed by atoms with E-state index in [1.807, 2.05) is 68.8 Å². The molecule has 1 unspecified atom stereocenters. The Hall–Kier alpha value is -4.37. The first kappa shape index (κ1) is 26.2. The van der Waals surface area contributed by atoms with Crippen LogP contribution >= 0.6 is 0 Å². The van der Waals surface area contributed by atoms with E-state index in [9.17, 15) is 9.90 Å². The molecule has 9 nitrogen and oxygen atoms in total. The summed E-state index contributed by atoms with van der Waals surface area (Å²) in [6.07, 6.45) is 0.133. The summed E-state index contributed by atoms with van der Waals surface area (Å²) < 4.78 is 13.6. The van der Waals surface area contributed by atoms with Crippen molar-refractivity contribution in [2.45, 2.75) is 39.4 Å². The Morgan fingerprint density at radius 1 is 1.05 bits per heavy atom. The van der Waals surface area contributed by atoms with Gasteiger partial charge in [0.1, 0.15) is 29.8 Å². The maximum Gasteiger partial charge on any atom is 0.251 e. The predicted octanol–water partition coefficient (Wildman–Crippen LogP) is 5.04. The second-order valence-corrected chi connectivity index (χ2v) is 9.85. The lowest BCUT2D eigenvalue weighted by Crippen LogP contribution is -2.28. The number of benzene rings is 3. The highest BCUT2D eigenvalue weighted by molar-refractivity contribution is 5.97. The molecule has 202 valence electrons. The number of ether oxygens (including phenoxy) is 2. The molecule has 0 radical (unpaired) electrons. The number of amides is 1. The van der Waals surface area contributed by atoms with Gasteiger partial charge in [0.05, 0.1) is 47.2 Å². The highest BCUT2D eigenvalue weighted by Crippen LogP contribution is 2.28. The SMILES string of the molecule is CC(C)OCc1ccccc1OCCNC(=O)c1ccc2nc(C(C)c3nc4cc(O)ccc4[nH]3)n(C)c2c1. The van der Waals surface area contributed by atoms with Gasteiger partial charge in [-0.05, 0) is 57.2 Å². The number of imidazole rings is 2. The van der Waals surface area contributed by atoms with E-state index in [2.05, 4.69) is 15.3 Å². The number of hydrogen-bond donors (Lipinski definition) is 3. The zero-order chi connectivity index (χ0) is 27.5. The molecule has 2 heterocycles. The number of aromatic nitrogens is 4. The van der Waals surface area contributed by atoms with Crippen molar-refractivity contribution in [3.63, 3.8) is 0 Å². The smallest absolute Gasteiger partial charge is 0.251 e. The Labute approximate surface area is 226 Å². The van der Waals surface area contributed by atoms with Crippen LogP contribution in [0.1, 0.15) is 54.3 Å². The molecular weight excluding hydrogens is 494 g/mol. The summed E-state index contributed by atoms with van der Waals surface area (Å²) >= 11 is 0. The van der Waals surface area contributed by atoms with Gasteiger partial charge in [-0.1, -0.05) is 18.2 Å². The number of aryl methyl sites for hydroxylation is 1. The summed E-state index contributed by atoms with van der Waals surface area (Å²) in [6, 6.07) is 18.3. The molecule has 3 aromatic carbocycles. The van der Waals surface area contributed by atoms with Crippen molar-refractivity contribution < 1.29 is 19.4 Å². The van der Waals surface area contributed by atoms with Crippen LogP contribution in [0, 0.1) is 0 Å². The molecule has 0 bridgehead atoms. The fourth-order valence-electron chi connectivity index (χ4n) is 4.53. The van der Waals surface area contributed by atoms with Crippen molar-refractivity contribution in [3.05, 3.63) is 83.4 Å². The number of aromatic amines is 1. The summed E-state index contributed by atoms with van der Waals surface area (Å²) in [5.74, 6) is 2.20. The Kier molecular flexibility index (Phi) is 7.51. The first-order chi connectivity index (χ1) is 18.8. The van der Waals surface area contributed by atoms with Gasteiger partial charge in [-0.2, -0.15) is 0 Å². The Morgan fingerprint density at radius 3 is 2.69 bits per heavy atom. The summed E-state index contributed by atoms with van der Waals surface area (Å²) in [5, 5.41) is 12.7. The fraction of sp³-hybridized carbons (Fsp3) is 0.300. The van der Waals surface area contributed by atoms with Gasteiger partial charge in [0, 0.05) is 24.2 Å². The Balaban J connectivity index is 1.24. The third-order valence-electron chi connectivity index (χ3n) is 6.65. The zero-order valence-electron chi connectivity index (χ0n) is 22.6. The number of phenolic OH excluding ortho intramolecular Hbond substituents is 1. The van der Waals surface area contributed by atoms with Crippen LogP contribution in [-0.4, -0.2) is 49.8 Å². The van der Waals surface area contributed by atoms with Crippen molar-refractivity contribution >= 4 is 28.0 Å². The van der Waals surface area contributed by atoms with Crippen molar-refractivity contribution in [2.75, 3.05) is 13.2 Å². The van der Waals surface area contributed by atoms with Crippen LogP contribution in [-0.2, 0) is 18.4 Å². The molecule has 39 heavy (non-hydrogen) atoms. The number of nitrogens with zero attached hydrogens (tertiary/aromatic N) is 3. The van der Waals surface area contributed by atoms with Crippen molar-refractivity contribution in [3.8, 4) is 11.5 Å². The molecule has 2 aromatic heterocycles. The minimum Gasteiger partial charge on any atom is -0.508 e. The first-order valence-corrected chi connectivity index (χ1v) is 13.1. The Morgan fingerprint density at radius 2 is 1.87 bits per heavy atom. The molecule has 1 atom stereocenters. The van der Waals surface area contributed by atoms with E-state index in [1.54, 1.807) is 24.3 Å². The normalized spacial score (nSPS) is 12.3. The van der Waals surface area contributed by atoms with E-state index in [0.29, 0.717) is 30.8 Å². The first-order valence-electron chi connectivity index (χ1n) is 13.1. The monoisotopic (exact) mass is 527 g/mol. The fourth-order valence-corrected chi connectivity index (χ4v) is 4.53. The number of nitrogens with one attached hydrogen (secondary N) is 2. The Bertz CT molecular complexity index is 1620. The molecule has 0 spiro atoms. The zero-order valence-corrected chi connectivity index (χ0v) is 22.6. The van der Waals surface area contributed by atoms with Gasteiger partial charge in [0.2, 0.25) is 0 Å². The largest absolute Gasteiger partial charge is 0.508 e. The molecule has 0 fully saturated rings. The van der Waals surface area contributed by atoms with Gasteiger partial charge in [-0.15, -0.1) is 0 Å². The number of H-pyrrole nitrogens is 1. The lowest BCUT2D eigenvalue weighted by molar-refractivity contribution is 0.0640. The molecule has 5 rings (SSSR count). The number of rotatable bonds is 10. The molecule has 0 saturated heterocycles. The third-order valence-corrected chi connectivity index (χ3v) is 6.65. The molecular formula is C30H33N5O4. The third kappa shape index (κ3) is 5.73. The van der Waals surface area contributed by atoms with Crippen LogP contribution in [0.15, 0.2) is 60.7 Å². The second kappa shape index (κ2) is 11.2. The number of carbonyl (C=O) groups excluding carboxylic acids is 1. The molecule has 0 saturated carbocycles. The predicted molar refractivity (Wildman–Crippen MR) is 150 cm³/mol. The summed E-state index contributed by atoms with van der Waals surface area (Å²) in [6.45, 7) is 7.21. The molecule has 0 aliphatic heterocycles. The van der Waals surface area contributed by atoms with Crippen molar-refractivity contribution in [1.29, 1.82) is 0 Å². The highest BCUT2D eigenvalue weighted by atomic mass is 16.5. The number of para-hydroxylation sites is 1. The van der Waals surface area contributed by atoms with E-state index in [4.69, 9.17) is 14.5 Å². The van der Waals surface area contributed by atoms with Gasteiger partial charge in [-0.3, -0.25) is 4.79 Å². The van der Waals surface area contributed by atoms with Crippen molar-refractivity contribution in [2.24, 2.45) is 7.05 Å². The van der Waals surface area contributed by atoms with Gasteiger partial charge in [0.25, 0.3) is 5.91 Å². The minimum atomic E-state index is -0.176. The molecule has 3 N–H and O–H groups in total. The standard InChI is InChI=1S/C30H33N5O4/c1-18(2)39-17-21-7-5-6-8-27(21)38-14-13-31-30(37)20-9-11-24-26(15-20)35(4)29(34-24)19(3)28-32-23-12-10-22(36)16-25(23)33-28/h5-12,15-16,18-19,36H,13-14,17H2,1-4H3,(H,31,37)(H,32,33). The van der Waals surface area contributed by atoms with Crippen LogP contribution in [0.5, 0.6) is 11.5 Å². The van der Waals surface area contributed by atoms with E-state index < -0.39 is 0 Å². The van der Waals surface area contributed by atoms with Crippen LogP contribution in [0.25, 0.3) is 22.1 Å². The van der Waals surface area contributed by atoms with E-state index >= 15 is 0 Å². The lowest BCUT2D eigenvalue weighted by Gasteiger charge is -2.13. The summed E-state index contributed by atoms with van der Waals surface area (Å²) in [7, 11) is 1.94. The number of hydrogen-bond acceptors (Lipinski definition) is 6. The maximum atomic E-state index is 12.9. The van der Waals surface area contributed by atoms with Gasteiger partial charge in [-0.25, -0.2) is 9.97 Å². The second-order valence-electron chi connectivity index (χ2n) is 9.85. The van der Waals surface area contributed by atoms with Crippen molar-refractivity contribution in [1.82, 2.24) is 24.8 Å². The number of fused-ring (bicyclic) bond motifs is 2. The molecule has 5 aromatic rings. The molecule has 9 heteroatoms. The highest BCUT2D eigenvalue weighted by Gasteiger charge is 2.20. The maximum absolute atomic E-state index is 12.9. The van der Waals surface area contributed by atoms with Crippen LogP contribution < -0.4 is 10.1 Å². The van der Waals surface area contributed by atoms with Gasteiger partial charge < -0.3 is 29.4 Å². The summed E-state index contributed by atoms with van der Waals surface area (Å²) in [4.78, 5) is 25.7. The average Bonchev–Trinajstić information content (AvgIpc) is 3.50. The van der Waals surface area contributed by atoms with Gasteiger partial charge in [0.15, 0.2) is 0 Å². The van der Waals surface area contributed by atoms with E-state index in [0.717, 1.165) is 39.5 Å². The van der Waals surface area contributed by atoms with Gasteiger partial charge >= 0.3 is 0 Å². The number of phenols is 1. The molecule has 0 aliphatic rings. The van der Waals surface area contributed by atoms with Crippen LogP contribution in [0.4, 0.5) is 0 Å². The van der Waals surface area contributed by atoms with Crippen LogP contribution in [0.2, 0.25) is 0 Å². The average molecular weight is 528 g/mol. The number of aromatic hydroxyl groups is 1. The molecule has 0 aliphatic carbocycles. The van der Waals surface area contributed by atoms with E-state index in [-0.39, 0.29) is 23.7 Å². The lowest BCUT2D eigenvalue weighted by atomic mass is 10.1. The quantitative estimate of drug-likeness (QED) is 0.219. The minimum absolute atomic E-state index is 0.125. The summed E-state index contributed by atoms with van der Waals surface area (Å²) in [5.41, 5.74) is 4.73. The topological polar surface area (TPSA) is 114 Å². The van der Waals surface area contributed by atoms with E-state index in [1.165, 1.54) is 0 Å². The number of carbonyl (C=O) groups is 1. The van der Waals surface area contributed by atoms with Crippen LogP contribution in [0.3, 0.4) is 0 Å². The molecule has 1 amide bonds.